The standard InChI is InChI=1S/C21H21BrN2O3/c1-12-10-15(13(2)24(12)17-8-6-16(22)7-9-17)11-18-19(21(26)27-5)14(3)23(4)20(18)25/h6-11H,1-5H3/b18-11+. The third-order valence-corrected chi connectivity index (χ3v) is 5.44. The number of halogens is 1. The van der Waals surface area contributed by atoms with Crippen LogP contribution in [0.5, 0.6) is 0 Å². The van der Waals surface area contributed by atoms with Crippen LogP contribution in [0.25, 0.3) is 11.8 Å². The van der Waals surface area contributed by atoms with Gasteiger partial charge in [0, 0.05) is 34.3 Å². The van der Waals surface area contributed by atoms with E-state index < -0.39 is 5.97 Å². The van der Waals surface area contributed by atoms with Crippen molar-refractivity contribution in [2.75, 3.05) is 14.2 Å². The molecule has 0 spiro atoms. The van der Waals surface area contributed by atoms with Crippen LogP contribution in [0.4, 0.5) is 0 Å². The second-order valence-electron chi connectivity index (χ2n) is 6.51. The zero-order valence-electron chi connectivity index (χ0n) is 16.0. The monoisotopic (exact) mass is 428 g/mol. The van der Waals surface area contributed by atoms with Crippen molar-refractivity contribution in [3.63, 3.8) is 0 Å². The highest BCUT2D eigenvalue weighted by atomic mass is 79.9. The van der Waals surface area contributed by atoms with E-state index in [1.807, 2.05) is 44.2 Å². The molecule has 27 heavy (non-hydrogen) atoms. The molecule has 0 N–H and O–H groups in total. The van der Waals surface area contributed by atoms with Gasteiger partial charge in [-0.2, -0.15) is 0 Å². The first-order chi connectivity index (χ1) is 12.8. The number of ether oxygens (including phenoxy) is 1. The van der Waals surface area contributed by atoms with Gasteiger partial charge in [-0.3, -0.25) is 4.79 Å². The Hall–Kier alpha value is -2.60. The second kappa shape index (κ2) is 7.19. The molecule has 1 amide bonds. The fourth-order valence-electron chi connectivity index (χ4n) is 3.37. The van der Waals surface area contributed by atoms with Gasteiger partial charge in [0.05, 0.1) is 18.3 Å². The number of likely N-dealkylation sites (N-methyl/N-ethyl adjacent to an activating group) is 1. The highest BCUT2D eigenvalue weighted by Gasteiger charge is 2.35. The maximum Gasteiger partial charge on any atom is 0.340 e. The molecule has 6 heteroatoms. The first kappa shape index (κ1) is 19.2. The van der Waals surface area contributed by atoms with Crippen LogP contribution in [0.2, 0.25) is 0 Å². The summed E-state index contributed by atoms with van der Waals surface area (Å²) in [5.41, 5.74) is 5.24. The minimum Gasteiger partial charge on any atom is -0.465 e. The summed E-state index contributed by atoms with van der Waals surface area (Å²) in [7, 11) is 2.98. The van der Waals surface area contributed by atoms with Gasteiger partial charge in [-0.1, -0.05) is 15.9 Å². The number of benzene rings is 1. The summed E-state index contributed by atoms with van der Waals surface area (Å²) in [6.07, 6.45) is 1.78. The fourth-order valence-corrected chi connectivity index (χ4v) is 3.64. The van der Waals surface area contributed by atoms with Crippen molar-refractivity contribution in [3.8, 4) is 5.69 Å². The Morgan fingerprint density at radius 3 is 2.37 bits per heavy atom. The van der Waals surface area contributed by atoms with Crippen LogP contribution in [0.1, 0.15) is 23.9 Å². The van der Waals surface area contributed by atoms with Gasteiger partial charge in [-0.15, -0.1) is 0 Å². The van der Waals surface area contributed by atoms with Gasteiger partial charge in [0.25, 0.3) is 5.91 Å². The number of hydrogen-bond donors (Lipinski definition) is 0. The number of allylic oxidation sites excluding steroid dienone is 1. The van der Waals surface area contributed by atoms with Crippen molar-refractivity contribution in [2.24, 2.45) is 0 Å². The van der Waals surface area contributed by atoms with E-state index in [1.54, 1.807) is 20.0 Å². The SMILES string of the molecule is COC(=O)C1=C(C)N(C)C(=O)/C1=C/c1cc(C)n(-c2ccc(Br)cc2)c1C. The first-order valence-electron chi connectivity index (χ1n) is 8.50. The van der Waals surface area contributed by atoms with E-state index in [2.05, 4.69) is 20.5 Å². The summed E-state index contributed by atoms with van der Waals surface area (Å²) in [6, 6.07) is 10.0. The van der Waals surface area contributed by atoms with E-state index in [0.717, 1.165) is 27.1 Å². The summed E-state index contributed by atoms with van der Waals surface area (Å²) in [6.45, 7) is 5.76. The third-order valence-electron chi connectivity index (χ3n) is 4.91. The smallest absolute Gasteiger partial charge is 0.340 e. The zero-order chi connectivity index (χ0) is 19.9. The lowest BCUT2D eigenvalue weighted by molar-refractivity contribution is -0.136. The van der Waals surface area contributed by atoms with Gasteiger partial charge < -0.3 is 14.2 Å². The van der Waals surface area contributed by atoms with Crippen LogP contribution in [-0.2, 0) is 14.3 Å². The molecule has 0 bridgehead atoms. The molecule has 3 rings (SSSR count). The molecule has 1 aromatic heterocycles. The van der Waals surface area contributed by atoms with Crippen molar-refractivity contribution in [2.45, 2.75) is 20.8 Å². The molecule has 0 fully saturated rings. The lowest BCUT2D eigenvalue weighted by atomic mass is 10.0. The lowest BCUT2D eigenvalue weighted by Gasteiger charge is -2.10. The van der Waals surface area contributed by atoms with E-state index in [0.29, 0.717) is 16.8 Å². The molecule has 0 aliphatic carbocycles. The summed E-state index contributed by atoms with van der Waals surface area (Å²) in [5.74, 6) is -0.709. The molecule has 5 nitrogen and oxygen atoms in total. The predicted molar refractivity (Wildman–Crippen MR) is 108 cm³/mol. The van der Waals surface area contributed by atoms with Crippen molar-refractivity contribution >= 4 is 33.9 Å². The number of aryl methyl sites for hydroxylation is 1. The number of hydrogen-bond acceptors (Lipinski definition) is 3. The molecule has 0 saturated carbocycles. The number of carbonyl (C=O) groups is 2. The third kappa shape index (κ3) is 3.25. The lowest BCUT2D eigenvalue weighted by Crippen LogP contribution is -2.19. The van der Waals surface area contributed by atoms with E-state index in [-0.39, 0.29) is 5.91 Å². The van der Waals surface area contributed by atoms with Gasteiger partial charge in [0.2, 0.25) is 0 Å². The molecule has 0 radical (unpaired) electrons. The quantitative estimate of drug-likeness (QED) is 0.544. The molecule has 140 valence electrons. The number of esters is 1. The number of methoxy groups -OCH3 is 1. The van der Waals surface area contributed by atoms with Crippen LogP contribution in [0.3, 0.4) is 0 Å². The van der Waals surface area contributed by atoms with Crippen LogP contribution < -0.4 is 0 Å². The molecule has 2 aromatic rings. The number of nitrogens with zero attached hydrogens (tertiary/aromatic N) is 2. The topological polar surface area (TPSA) is 51.5 Å². The molecular formula is C21H21BrN2O3. The average Bonchev–Trinajstić information content (AvgIpc) is 3.04. The molecule has 1 aliphatic heterocycles. The van der Waals surface area contributed by atoms with E-state index in [9.17, 15) is 9.59 Å². The Balaban J connectivity index is 2.12. The fraction of sp³-hybridized carbons (Fsp3) is 0.238. The number of aromatic nitrogens is 1. The Morgan fingerprint density at radius 1 is 1.15 bits per heavy atom. The second-order valence-corrected chi connectivity index (χ2v) is 7.43. The number of amides is 1. The van der Waals surface area contributed by atoms with Gasteiger partial charge >= 0.3 is 5.97 Å². The van der Waals surface area contributed by atoms with Crippen LogP contribution in [0, 0.1) is 13.8 Å². The summed E-state index contributed by atoms with van der Waals surface area (Å²) >= 11 is 3.45. The van der Waals surface area contributed by atoms with Crippen LogP contribution in [0.15, 0.2) is 51.6 Å². The van der Waals surface area contributed by atoms with E-state index in [1.165, 1.54) is 12.0 Å². The van der Waals surface area contributed by atoms with Crippen LogP contribution in [-0.4, -0.2) is 35.5 Å². The van der Waals surface area contributed by atoms with Crippen molar-refractivity contribution in [3.05, 3.63) is 68.6 Å². The average molecular weight is 429 g/mol. The Kier molecular flexibility index (Phi) is 5.11. The van der Waals surface area contributed by atoms with Gasteiger partial charge in [-0.05, 0) is 62.7 Å². The highest BCUT2D eigenvalue weighted by molar-refractivity contribution is 9.10. The Bertz CT molecular complexity index is 997. The van der Waals surface area contributed by atoms with Gasteiger partial charge in [0.15, 0.2) is 0 Å². The molecule has 0 unspecified atom stereocenters. The molecule has 1 aliphatic rings. The minimum absolute atomic E-state index is 0.207. The molecule has 2 heterocycles. The normalized spacial score (nSPS) is 15.9. The maximum atomic E-state index is 12.7. The van der Waals surface area contributed by atoms with E-state index >= 15 is 0 Å². The Labute approximate surface area is 167 Å². The summed E-state index contributed by atoms with van der Waals surface area (Å²) in [5, 5.41) is 0. The largest absolute Gasteiger partial charge is 0.465 e. The molecule has 0 saturated heterocycles. The minimum atomic E-state index is -0.502. The van der Waals surface area contributed by atoms with Gasteiger partial charge in [0.1, 0.15) is 0 Å². The van der Waals surface area contributed by atoms with E-state index in [4.69, 9.17) is 4.74 Å². The summed E-state index contributed by atoms with van der Waals surface area (Å²) in [4.78, 5) is 26.4. The Morgan fingerprint density at radius 2 is 1.78 bits per heavy atom. The van der Waals surface area contributed by atoms with Crippen molar-refractivity contribution < 1.29 is 14.3 Å². The number of carbonyl (C=O) groups excluding carboxylic acids is 2. The van der Waals surface area contributed by atoms with Crippen molar-refractivity contribution in [1.82, 2.24) is 9.47 Å². The van der Waals surface area contributed by atoms with Gasteiger partial charge in [-0.25, -0.2) is 4.79 Å². The van der Waals surface area contributed by atoms with Crippen molar-refractivity contribution in [1.29, 1.82) is 0 Å². The molecule has 1 aromatic carbocycles. The molecule has 0 atom stereocenters. The molecular weight excluding hydrogens is 408 g/mol. The predicted octanol–water partition coefficient (Wildman–Crippen LogP) is 4.16. The maximum absolute atomic E-state index is 12.7. The first-order valence-corrected chi connectivity index (χ1v) is 9.29. The van der Waals surface area contributed by atoms with Crippen LogP contribution >= 0.6 is 15.9 Å². The highest BCUT2D eigenvalue weighted by Crippen LogP contribution is 2.32. The number of rotatable bonds is 3. The summed E-state index contributed by atoms with van der Waals surface area (Å²) < 4.78 is 8.02. The zero-order valence-corrected chi connectivity index (χ0v) is 17.5.